The van der Waals surface area contributed by atoms with Crippen LogP contribution >= 0.6 is 0 Å². The maximum Gasteiger partial charge on any atom is 0.211 e. The monoisotopic (exact) mass is 206 g/mol. The average Bonchev–Trinajstić information content (AvgIpc) is 2.39. The first kappa shape index (κ1) is 9.83. The molecule has 0 aliphatic carbocycles. The summed E-state index contributed by atoms with van der Waals surface area (Å²) in [5.41, 5.74) is 7.87. The summed E-state index contributed by atoms with van der Waals surface area (Å²) in [5, 5.41) is 2.55. The van der Waals surface area contributed by atoms with E-state index in [9.17, 15) is 4.79 Å². The molecule has 1 aromatic carbocycles. The molecule has 0 aromatic heterocycles. The predicted molar refractivity (Wildman–Crippen MR) is 59.0 cm³/mol. The molecule has 3 N–H and O–H groups in total. The Morgan fingerprint density at radius 2 is 2.27 bits per heavy atom. The molecule has 0 radical (unpaired) electrons. The standard InChI is InChI=1S/C11H14N2O2/c1-11(2)5-7-3-8(12)9(13-6-14)4-10(7)15-11/h3-4,6H,5,12H2,1-2H3,(H,13,14). The van der Waals surface area contributed by atoms with Crippen LogP contribution in [0, 0.1) is 0 Å². The van der Waals surface area contributed by atoms with Crippen LogP contribution in [0.4, 0.5) is 11.4 Å². The van der Waals surface area contributed by atoms with E-state index >= 15 is 0 Å². The zero-order valence-electron chi connectivity index (χ0n) is 8.83. The van der Waals surface area contributed by atoms with Crippen LogP contribution in [-0.2, 0) is 11.2 Å². The van der Waals surface area contributed by atoms with Crippen LogP contribution in [0.5, 0.6) is 5.75 Å². The molecular formula is C11H14N2O2. The summed E-state index contributed by atoms with van der Waals surface area (Å²) in [6.07, 6.45) is 1.45. The van der Waals surface area contributed by atoms with Gasteiger partial charge in [0.05, 0.1) is 11.4 Å². The van der Waals surface area contributed by atoms with Gasteiger partial charge >= 0.3 is 0 Å². The highest BCUT2D eigenvalue weighted by atomic mass is 16.5. The third kappa shape index (κ3) is 1.75. The number of fused-ring (bicyclic) bond motifs is 1. The van der Waals surface area contributed by atoms with Gasteiger partial charge in [-0.1, -0.05) is 0 Å². The number of ether oxygens (including phenoxy) is 1. The van der Waals surface area contributed by atoms with Crippen molar-refractivity contribution in [2.24, 2.45) is 0 Å². The second-order valence-electron chi connectivity index (χ2n) is 4.35. The number of nitrogens with two attached hydrogens (primary N) is 1. The van der Waals surface area contributed by atoms with Crippen LogP contribution in [0.1, 0.15) is 19.4 Å². The van der Waals surface area contributed by atoms with E-state index < -0.39 is 0 Å². The van der Waals surface area contributed by atoms with Gasteiger partial charge in [0.15, 0.2) is 0 Å². The fourth-order valence-electron chi connectivity index (χ4n) is 1.86. The van der Waals surface area contributed by atoms with E-state index in [-0.39, 0.29) is 5.60 Å². The molecule has 0 fully saturated rings. The van der Waals surface area contributed by atoms with E-state index in [1.54, 1.807) is 6.07 Å². The number of nitrogen functional groups attached to an aromatic ring is 1. The van der Waals surface area contributed by atoms with Gasteiger partial charge in [0.25, 0.3) is 0 Å². The van der Waals surface area contributed by atoms with Gasteiger partial charge in [-0.25, -0.2) is 0 Å². The Bertz CT molecular complexity index is 413. The Balaban J connectivity index is 2.40. The number of amides is 1. The highest BCUT2D eigenvalue weighted by molar-refractivity contribution is 5.81. The zero-order valence-corrected chi connectivity index (χ0v) is 8.83. The van der Waals surface area contributed by atoms with E-state index in [1.807, 2.05) is 19.9 Å². The summed E-state index contributed by atoms with van der Waals surface area (Å²) in [6, 6.07) is 3.63. The highest BCUT2D eigenvalue weighted by Gasteiger charge is 2.30. The van der Waals surface area contributed by atoms with Crippen LogP contribution in [0.15, 0.2) is 12.1 Å². The molecule has 0 spiro atoms. The molecule has 4 heteroatoms. The van der Waals surface area contributed by atoms with Crippen LogP contribution < -0.4 is 15.8 Å². The Morgan fingerprint density at radius 1 is 1.53 bits per heavy atom. The smallest absolute Gasteiger partial charge is 0.211 e. The van der Waals surface area contributed by atoms with Crippen molar-refractivity contribution < 1.29 is 9.53 Å². The Labute approximate surface area is 88.4 Å². The van der Waals surface area contributed by atoms with Crippen molar-refractivity contribution in [3.63, 3.8) is 0 Å². The van der Waals surface area contributed by atoms with Gasteiger partial charge in [0.2, 0.25) is 6.41 Å². The molecule has 1 amide bonds. The lowest BCUT2D eigenvalue weighted by Crippen LogP contribution is -2.24. The second kappa shape index (κ2) is 3.15. The molecular weight excluding hydrogens is 192 g/mol. The van der Waals surface area contributed by atoms with Gasteiger partial charge in [-0.05, 0) is 19.9 Å². The predicted octanol–water partition coefficient (Wildman–Crippen LogP) is 1.55. The van der Waals surface area contributed by atoms with Crippen LogP contribution in [0.3, 0.4) is 0 Å². The van der Waals surface area contributed by atoms with Crippen molar-refractivity contribution in [2.75, 3.05) is 11.1 Å². The number of hydrogen-bond acceptors (Lipinski definition) is 3. The number of carbonyl (C=O) groups is 1. The van der Waals surface area contributed by atoms with Crippen molar-refractivity contribution >= 4 is 17.8 Å². The van der Waals surface area contributed by atoms with E-state index in [0.717, 1.165) is 17.7 Å². The van der Waals surface area contributed by atoms with Gasteiger partial charge in [0.1, 0.15) is 11.4 Å². The van der Waals surface area contributed by atoms with E-state index in [0.29, 0.717) is 17.8 Å². The minimum Gasteiger partial charge on any atom is -0.487 e. The lowest BCUT2D eigenvalue weighted by Gasteiger charge is -2.16. The van der Waals surface area contributed by atoms with E-state index in [1.165, 1.54) is 0 Å². The molecule has 0 bridgehead atoms. The number of carbonyl (C=O) groups excluding carboxylic acids is 1. The van der Waals surface area contributed by atoms with Crippen molar-refractivity contribution in [1.29, 1.82) is 0 Å². The maximum atomic E-state index is 10.3. The Hall–Kier alpha value is -1.71. The fourth-order valence-corrected chi connectivity index (χ4v) is 1.86. The summed E-state index contributed by atoms with van der Waals surface area (Å²) >= 11 is 0. The van der Waals surface area contributed by atoms with Crippen molar-refractivity contribution in [3.05, 3.63) is 17.7 Å². The molecule has 0 saturated carbocycles. The van der Waals surface area contributed by atoms with Crippen LogP contribution in [0.2, 0.25) is 0 Å². The van der Waals surface area contributed by atoms with Gasteiger partial charge in [-0.15, -0.1) is 0 Å². The second-order valence-corrected chi connectivity index (χ2v) is 4.35. The molecule has 1 aromatic rings. The molecule has 0 saturated heterocycles. The van der Waals surface area contributed by atoms with Gasteiger partial charge < -0.3 is 15.8 Å². The first-order valence-corrected chi connectivity index (χ1v) is 4.83. The number of anilines is 2. The average molecular weight is 206 g/mol. The number of rotatable bonds is 2. The maximum absolute atomic E-state index is 10.3. The highest BCUT2D eigenvalue weighted by Crippen LogP contribution is 2.39. The third-order valence-corrected chi connectivity index (χ3v) is 2.45. The van der Waals surface area contributed by atoms with Crippen LogP contribution in [0.25, 0.3) is 0 Å². The summed E-state index contributed by atoms with van der Waals surface area (Å²) in [7, 11) is 0. The first-order chi connectivity index (χ1) is 7.02. The molecule has 4 nitrogen and oxygen atoms in total. The topological polar surface area (TPSA) is 64.3 Å². The molecule has 2 rings (SSSR count). The summed E-state index contributed by atoms with van der Waals surface area (Å²) in [5.74, 6) is 0.804. The van der Waals surface area contributed by atoms with E-state index in [4.69, 9.17) is 10.5 Å². The third-order valence-electron chi connectivity index (χ3n) is 2.45. The quantitative estimate of drug-likeness (QED) is 0.570. The van der Waals surface area contributed by atoms with Gasteiger partial charge in [-0.2, -0.15) is 0 Å². The largest absolute Gasteiger partial charge is 0.487 e. The molecule has 1 aliphatic rings. The molecule has 1 heterocycles. The van der Waals surface area contributed by atoms with Gasteiger partial charge in [0, 0.05) is 18.1 Å². The lowest BCUT2D eigenvalue weighted by molar-refractivity contribution is -0.105. The molecule has 80 valence electrons. The van der Waals surface area contributed by atoms with Crippen molar-refractivity contribution in [1.82, 2.24) is 0 Å². The summed E-state index contributed by atoms with van der Waals surface area (Å²) in [6.45, 7) is 4.05. The number of hydrogen-bond donors (Lipinski definition) is 2. The van der Waals surface area contributed by atoms with Gasteiger partial charge in [-0.3, -0.25) is 4.79 Å². The number of benzene rings is 1. The first-order valence-electron chi connectivity index (χ1n) is 4.83. The summed E-state index contributed by atoms with van der Waals surface area (Å²) in [4.78, 5) is 10.3. The minimum absolute atomic E-state index is 0.186. The van der Waals surface area contributed by atoms with E-state index in [2.05, 4.69) is 5.32 Å². The molecule has 1 aliphatic heterocycles. The minimum atomic E-state index is -0.186. The SMILES string of the molecule is CC1(C)Cc2cc(N)c(NC=O)cc2O1. The fraction of sp³-hybridized carbons (Fsp3) is 0.364. The van der Waals surface area contributed by atoms with Crippen LogP contribution in [-0.4, -0.2) is 12.0 Å². The Morgan fingerprint density at radius 3 is 2.93 bits per heavy atom. The summed E-state index contributed by atoms with van der Waals surface area (Å²) < 4.78 is 5.72. The number of nitrogens with one attached hydrogen (secondary N) is 1. The normalized spacial score (nSPS) is 16.7. The zero-order chi connectivity index (χ0) is 11.1. The molecule has 0 unspecified atom stereocenters. The molecule has 0 atom stereocenters. The molecule has 15 heavy (non-hydrogen) atoms. The van der Waals surface area contributed by atoms with Crippen molar-refractivity contribution in [2.45, 2.75) is 25.9 Å². The lowest BCUT2D eigenvalue weighted by atomic mass is 10.0. The Kier molecular flexibility index (Phi) is 2.07. The van der Waals surface area contributed by atoms with Crippen molar-refractivity contribution in [3.8, 4) is 5.75 Å².